The van der Waals surface area contributed by atoms with Gasteiger partial charge in [0.25, 0.3) is 0 Å². The third kappa shape index (κ3) is 2.95. The first kappa shape index (κ1) is 14.4. The Labute approximate surface area is 117 Å². The highest BCUT2D eigenvalue weighted by molar-refractivity contribution is 5.80. The summed E-state index contributed by atoms with van der Waals surface area (Å²) in [5.74, 6) is -0.609. The van der Waals surface area contributed by atoms with Crippen LogP contribution in [0.15, 0.2) is 30.3 Å². The van der Waals surface area contributed by atoms with Crippen LogP contribution in [0.2, 0.25) is 0 Å². The van der Waals surface area contributed by atoms with Crippen LogP contribution in [0.1, 0.15) is 24.3 Å². The van der Waals surface area contributed by atoms with Crippen LogP contribution in [0.4, 0.5) is 0 Å². The molecule has 0 aliphatic carbocycles. The van der Waals surface area contributed by atoms with Crippen molar-refractivity contribution in [2.24, 2.45) is 5.73 Å². The largest absolute Gasteiger partial charge is 0.465 e. The maximum Gasteiger partial charge on any atom is 0.325 e. The van der Waals surface area contributed by atoms with E-state index in [1.807, 2.05) is 19.1 Å². The number of aliphatic hydroxyl groups excluding tert-OH is 1. The van der Waals surface area contributed by atoms with E-state index in [9.17, 15) is 9.90 Å². The van der Waals surface area contributed by atoms with Crippen LogP contribution < -0.4 is 5.73 Å². The van der Waals surface area contributed by atoms with Gasteiger partial charge < -0.3 is 15.6 Å². The fourth-order valence-electron chi connectivity index (χ4n) is 2.00. The van der Waals surface area contributed by atoms with Crippen molar-refractivity contribution in [3.63, 3.8) is 0 Å². The van der Waals surface area contributed by atoms with Crippen molar-refractivity contribution < 1.29 is 14.6 Å². The zero-order valence-electron chi connectivity index (χ0n) is 11.5. The SMILES string of the molecule is CCOC(=O)C(N)C(O)c1ccc2nc(C)ccc2c1. The maximum atomic E-state index is 11.5. The molecule has 1 aromatic carbocycles. The smallest absolute Gasteiger partial charge is 0.325 e. The maximum absolute atomic E-state index is 11.5. The summed E-state index contributed by atoms with van der Waals surface area (Å²) in [5.41, 5.74) is 8.04. The lowest BCUT2D eigenvalue weighted by molar-refractivity contribution is -0.147. The Hall–Kier alpha value is -1.98. The van der Waals surface area contributed by atoms with E-state index in [-0.39, 0.29) is 6.61 Å². The molecule has 0 amide bonds. The Balaban J connectivity index is 2.28. The highest BCUT2D eigenvalue weighted by atomic mass is 16.5. The van der Waals surface area contributed by atoms with Gasteiger partial charge in [0.2, 0.25) is 0 Å². The Morgan fingerprint density at radius 1 is 1.40 bits per heavy atom. The molecule has 2 unspecified atom stereocenters. The summed E-state index contributed by atoms with van der Waals surface area (Å²) < 4.78 is 4.81. The van der Waals surface area contributed by atoms with Crippen molar-refractivity contribution in [1.29, 1.82) is 0 Å². The molecule has 1 heterocycles. The number of ether oxygens (including phenoxy) is 1. The fraction of sp³-hybridized carbons (Fsp3) is 0.333. The van der Waals surface area contributed by atoms with E-state index < -0.39 is 18.1 Å². The van der Waals surface area contributed by atoms with E-state index in [1.54, 1.807) is 25.1 Å². The number of nitrogens with two attached hydrogens (primary N) is 1. The second kappa shape index (κ2) is 5.98. The zero-order chi connectivity index (χ0) is 14.7. The molecule has 1 aromatic heterocycles. The van der Waals surface area contributed by atoms with E-state index in [1.165, 1.54) is 0 Å². The van der Waals surface area contributed by atoms with E-state index in [0.29, 0.717) is 5.56 Å². The average molecular weight is 274 g/mol. The number of benzene rings is 1. The van der Waals surface area contributed by atoms with Crippen molar-refractivity contribution in [2.75, 3.05) is 6.61 Å². The Morgan fingerprint density at radius 2 is 2.15 bits per heavy atom. The molecule has 106 valence electrons. The zero-order valence-corrected chi connectivity index (χ0v) is 11.5. The molecule has 2 aromatic rings. The number of hydrogen-bond donors (Lipinski definition) is 2. The number of pyridine rings is 1. The molecular weight excluding hydrogens is 256 g/mol. The van der Waals surface area contributed by atoms with E-state index in [4.69, 9.17) is 10.5 Å². The van der Waals surface area contributed by atoms with Crippen LogP contribution in [0.5, 0.6) is 0 Å². The third-order valence-electron chi connectivity index (χ3n) is 3.09. The molecule has 0 bridgehead atoms. The van der Waals surface area contributed by atoms with Crippen molar-refractivity contribution in [2.45, 2.75) is 26.0 Å². The first-order valence-electron chi connectivity index (χ1n) is 6.50. The number of aliphatic hydroxyl groups is 1. The average Bonchev–Trinajstić information content (AvgIpc) is 2.45. The number of rotatable bonds is 4. The van der Waals surface area contributed by atoms with Crippen LogP contribution >= 0.6 is 0 Å². The van der Waals surface area contributed by atoms with Crippen molar-refractivity contribution >= 4 is 16.9 Å². The van der Waals surface area contributed by atoms with Gasteiger partial charge in [0, 0.05) is 11.1 Å². The van der Waals surface area contributed by atoms with Crippen molar-refractivity contribution in [1.82, 2.24) is 4.98 Å². The van der Waals surface area contributed by atoms with Gasteiger partial charge in [-0.15, -0.1) is 0 Å². The minimum atomic E-state index is -1.10. The van der Waals surface area contributed by atoms with E-state index in [0.717, 1.165) is 16.6 Å². The molecule has 2 rings (SSSR count). The fourth-order valence-corrected chi connectivity index (χ4v) is 2.00. The Morgan fingerprint density at radius 3 is 2.85 bits per heavy atom. The van der Waals surface area contributed by atoms with E-state index >= 15 is 0 Å². The molecule has 0 aliphatic rings. The lowest BCUT2D eigenvalue weighted by Gasteiger charge is -2.18. The van der Waals surface area contributed by atoms with Gasteiger partial charge in [-0.2, -0.15) is 0 Å². The number of aromatic nitrogens is 1. The van der Waals surface area contributed by atoms with Gasteiger partial charge in [0.15, 0.2) is 0 Å². The molecule has 0 fully saturated rings. The molecule has 0 spiro atoms. The molecule has 5 nitrogen and oxygen atoms in total. The lowest BCUT2D eigenvalue weighted by atomic mass is 10.0. The molecule has 0 radical (unpaired) electrons. The molecule has 3 N–H and O–H groups in total. The highest BCUT2D eigenvalue weighted by Crippen LogP contribution is 2.21. The molecular formula is C15H18N2O3. The second-order valence-corrected chi connectivity index (χ2v) is 4.63. The first-order chi connectivity index (χ1) is 9.52. The van der Waals surface area contributed by atoms with Gasteiger partial charge in [0.05, 0.1) is 12.1 Å². The van der Waals surface area contributed by atoms with Gasteiger partial charge in [0.1, 0.15) is 12.1 Å². The molecule has 0 saturated carbocycles. The summed E-state index contributed by atoms with van der Waals surface area (Å²) >= 11 is 0. The monoisotopic (exact) mass is 274 g/mol. The van der Waals surface area contributed by atoms with Crippen LogP contribution in [0.25, 0.3) is 10.9 Å². The highest BCUT2D eigenvalue weighted by Gasteiger charge is 2.25. The van der Waals surface area contributed by atoms with E-state index in [2.05, 4.69) is 4.98 Å². The van der Waals surface area contributed by atoms with Crippen LogP contribution in [0.3, 0.4) is 0 Å². The molecule has 2 atom stereocenters. The summed E-state index contributed by atoms with van der Waals surface area (Å²) in [5, 5.41) is 11.0. The summed E-state index contributed by atoms with van der Waals surface area (Å²) in [4.78, 5) is 15.9. The number of fused-ring (bicyclic) bond motifs is 1. The quantitative estimate of drug-likeness (QED) is 0.825. The lowest BCUT2D eigenvalue weighted by Crippen LogP contribution is -2.38. The van der Waals surface area contributed by atoms with Gasteiger partial charge in [-0.25, -0.2) is 0 Å². The minimum absolute atomic E-state index is 0.236. The second-order valence-electron chi connectivity index (χ2n) is 4.63. The number of esters is 1. The number of aryl methyl sites for hydroxylation is 1. The molecule has 0 aliphatic heterocycles. The summed E-state index contributed by atoms with van der Waals surface area (Å²) in [6.07, 6.45) is -1.10. The first-order valence-corrected chi connectivity index (χ1v) is 6.50. The van der Waals surface area contributed by atoms with Crippen LogP contribution in [-0.2, 0) is 9.53 Å². The summed E-state index contributed by atoms with van der Waals surface area (Å²) in [6.45, 7) is 3.85. The number of carbonyl (C=O) groups is 1. The Bertz CT molecular complexity index is 628. The molecule has 20 heavy (non-hydrogen) atoms. The molecule has 5 heteroatoms. The number of hydrogen-bond acceptors (Lipinski definition) is 5. The van der Waals surface area contributed by atoms with Crippen molar-refractivity contribution in [3.05, 3.63) is 41.6 Å². The predicted molar refractivity (Wildman–Crippen MR) is 76.0 cm³/mol. The normalized spacial score (nSPS) is 14.0. The predicted octanol–water partition coefficient (Wildman–Crippen LogP) is 1.47. The van der Waals surface area contributed by atoms with Gasteiger partial charge in [-0.05, 0) is 37.6 Å². The van der Waals surface area contributed by atoms with Gasteiger partial charge >= 0.3 is 5.97 Å². The number of carbonyl (C=O) groups excluding carboxylic acids is 1. The molecule has 0 saturated heterocycles. The standard InChI is InChI=1S/C15H18N2O3/c1-3-20-15(19)13(16)14(18)11-6-7-12-10(8-11)5-4-9(2)17-12/h4-8,13-14,18H,3,16H2,1-2H3. The van der Waals surface area contributed by atoms with Crippen molar-refractivity contribution in [3.8, 4) is 0 Å². The summed E-state index contributed by atoms with van der Waals surface area (Å²) in [7, 11) is 0. The number of nitrogens with zero attached hydrogens (tertiary/aromatic N) is 1. The Kier molecular flexibility index (Phi) is 4.32. The van der Waals surface area contributed by atoms with Crippen LogP contribution in [0, 0.1) is 6.92 Å². The van der Waals surface area contributed by atoms with Gasteiger partial charge in [-0.1, -0.05) is 12.1 Å². The topological polar surface area (TPSA) is 85.4 Å². The van der Waals surface area contributed by atoms with Gasteiger partial charge in [-0.3, -0.25) is 9.78 Å². The third-order valence-corrected chi connectivity index (χ3v) is 3.09. The summed E-state index contributed by atoms with van der Waals surface area (Å²) in [6, 6.07) is 8.03. The van der Waals surface area contributed by atoms with Crippen LogP contribution in [-0.4, -0.2) is 28.7 Å². The minimum Gasteiger partial charge on any atom is -0.465 e.